The van der Waals surface area contributed by atoms with Crippen LogP contribution in [-0.4, -0.2) is 24.4 Å². The summed E-state index contributed by atoms with van der Waals surface area (Å²) in [6.07, 6.45) is 2.01. The molecule has 2 aromatic carbocycles. The third-order valence-electron chi connectivity index (χ3n) is 3.99. The lowest BCUT2D eigenvalue weighted by Gasteiger charge is -2.06. The number of fused-ring (bicyclic) bond motifs is 1. The fourth-order valence-electron chi connectivity index (χ4n) is 2.55. The number of hydrogen-bond acceptors (Lipinski definition) is 6. The predicted molar refractivity (Wildman–Crippen MR) is 97.9 cm³/mol. The highest BCUT2D eigenvalue weighted by Crippen LogP contribution is 2.32. The molecule has 0 aliphatic carbocycles. The van der Waals surface area contributed by atoms with Crippen molar-refractivity contribution in [3.8, 4) is 23.3 Å². The van der Waals surface area contributed by atoms with Gasteiger partial charge in [-0.25, -0.2) is 0 Å². The fourth-order valence-corrected chi connectivity index (χ4v) is 2.55. The molecule has 0 radical (unpaired) electrons. The molecule has 0 spiro atoms. The second-order valence-electron chi connectivity index (χ2n) is 5.91. The van der Waals surface area contributed by atoms with Crippen molar-refractivity contribution in [3.05, 3.63) is 65.4 Å². The zero-order valence-corrected chi connectivity index (χ0v) is 14.6. The van der Waals surface area contributed by atoms with E-state index < -0.39 is 5.91 Å². The van der Waals surface area contributed by atoms with Gasteiger partial charge in [0.25, 0.3) is 5.91 Å². The summed E-state index contributed by atoms with van der Waals surface area (Å²) < 4.78 is 10.6. The van der Waals surface area contributed by atoms with Gasteiger partial charge in [-0.3, -0.25) is 4.79 Å². The first-order valence-electron chi connectivity index (χ1n) is 8.44. The van der Waals surface area contributed by atoms with Crippen LogP contribution in [-0.2, 0) is 17.8 Å². The van der Waals surface area contributed by atoms with E-state index in [1.54, 1.807) is 24.3 Å². The largest absolute Gasteiger partial charge is 0.508 e. The van der Waals surface area contributed by atoms with Crippen molar-refractivity contribution in [2.24, 2.45) is 0 Å². The fraction of sp³-hybridized carbons (Fsp3) is 0.200. The summed E-state index contributed by atoms with van der Waals surface area (Å²) in [6, 6.07) is 14.2. The van der Waals surface area contributed by atoms with E-state index in [0.29, 0.717) is 31.0 Å². The Labute approximate surface area is 156 Å². The minimum absolute atomic E-state index is 0.00134. The molecule has 0 aromatic heterocycles. The topological polar surface area (TPSA) is 104 Å². The molecule has 1 aliphatic rings. The Hall–Kier alpha value is -3.66. The highest BCUT2D eigenvalue weighted by atomic mass is 16.7. The Morgan fingerprint density at radius 1 is 1.15 bits per heavy atom. The van der Waals surface area contributed by atoms with Crippen molar-refractivity contribution in [1.82, 2.24) is 10.6 Å². The maximum absolute atomic E-state index is 12.1. The molecule has 27 heavy (non-hydrogen) atoms. The van der Waals surface area contributed by atoms with Gasteiger partial charge in [-0.1, -0.05) is 18.2 Å². The van der Waals surface area contributed by atoms with Gasteiger partial charge in [0.05, 0.1) is 0 Å². The Morgan fingerprint density at radius 3 is 2.67 bits per heavy atom. The first-order chi connectivity index (χ1) is 13.2. The second-order valence-corrected chi connectivity index (χ2v) is 5.91. The van der Waals surface area contributed by atoms with Crippen LogP contribution in [0.4, 0.5) is 0 Å². The standard InChI is InChI=1S/C20H19N3O4/c21-10-16(20(25)23-8-7-14-1-4-17(24)5-2-14)12-22-11-15-3-6-18-19(9-15)27-13-26-18/h1-6,9,12,22,24H,7-8,11,13H2,(H,23,25)/b16-12-. The lowest BCUT2D eigenvalue weighted by atomic mass is 10.1. The van der Waals surface area contributed by atoms with Crippen LogP contribution in [0.1, 0.15) is 11.1 Å². The monoisotopic (exact) mass is 365 g/mol. The van der Waals surface area contributed by atoms with Crippen molar-refractivity contribution >= 4 is 5.91 Å². The lowest BCUT2D eigenvalue weighted by Crippen LogP contribution is -2.27. The number of nitriles is 1. The third kappa shape index (κ3) is 4.92. The van der Waals surface area contributed by atoms with Crippen molar-refractivity contribution in [2.45, 2.75) is 13.0 Å². The number of hydrogen-bond donors (Lipinski definition) is 3. The first-order valence-corrected chi connectivity index (χ1v) is 8.44. The molecular weight excluding hydrogens is 346 g/mol. The van der Waals surface area contributed by atoms with E-state index in [9.17, 15) is 15.2 Å². The van der Waals surface area contributed by atoms with E-state index in [4.69, 9.17) is 9.47 Å². The van der Waals surface area contributed by atoms with Crippen LogP contribution < -0.4 is 20.1 Å². The number of carbonyl (C=O) groups excluding carboxylic acids is 1. The summed E-state index contributed by atoms with van der Waals surface area (Å²) in [5.41, 5.74) is 1.93. The molecule has 0 bridgehead atoms. The van der Waals surface area contributed by atoms with Crippen molar-refractivity contribution in [1.29, 1.82) is 5.26 Å². The van der Waals surface area contributed by atoms with Gasteiger partial charge in [0.1, 0.15) is 17.4 Å². The summed E-state index contributed by atoms with van der Waals surface area (Å²) >= 11 is 0. The van der Waals surface area contributed by atoms with E-state index >= 15 is 0 Å². The normalized spacial score (nSPS) is 12.3. The number of aromatic hydroxyl groups is 1. The Kier molecular flexibility index (Phi) is 5.80. The van der Waals surface area contributed by atoms with E-state index in [-0.39, 0.29) is 18.1 Å². The highest BCUT2D eigenvalue weighted by Gasteiger charge is 2.13. The molecule has 0 saturated carbocycles. The van der Waals surface area contributed by atoms with Crippen LogP contribution >= 0.6 is 0 Å². The van der Waals surface area contributed by atoms with Gasteiger partial charge < -0.3 is 25.2 Å². The zero-order valence-electron chi connectivity index (χ0n) is 14.6. The van der Waals surface area contributed by atoms with Gasteiger partial charge in [-0.2, -0.15) is 5.26 Å². The van der Waals surface area contributed by atoms with Crippen LogP contribution in [0.15, 0.2) is 54.2 Å². The molecule has 1 amide bonds. The van der Waals surface area contributed by atoms with Gasteiger partial charge in [0.2, 0.25) is 6.79 Å². The highest BCUT2D eigenvalue weighted by molar-refractivity contribution is 5.97. The van der Waals surface area contributed by atoms with Crippen molar-refractivity contribution in [3.63, 3.8) is 0 Å². The SMILES string of the molecule is N#C/C(=C/NCc1ccc2c(c1)OCO2)C(=O)NCCc1ccc(O)cc1. The van der Waals surface area contributed by atoms with E-state index in [0.717, 1.165) is 11.1 Å². The quantitative estimate of drug-likeness (QED) is 0.512. The summed E-state index contributed by atoms with van der Waals surface area (Å²) in [5.74, 6) is 1.16. The number of phenols is 1. The summed E-state index contributed by atoms with van der Waals surface area (Å²) in [7, 11) is 0. The van der Waals surface area contributed by atoms with Gasteiger partial charge >= 0.3 is 0 Å². The van der Waals surface area contributed by atoms with E-state index in [1.165, 1.54) is 6.20 Å². The van der Waals surface area contributed by atoms with Crippen LogP contribution in [0.5, 0.6) is 17.2 Å². The average Bonchev–Trinajstić information content (AvgIpc) is 3.14. The Bertz CT molecular complexity index is 885. The smallest absolute Gasteiger partial charge is 0.263 e. The average molecular weight is 365 g/mol. The molecule has 1 heterocycles. The molecule has 0 unspecified atom stereocenters. The first kappa shape index (κ1) is 18.1. The number of ether oxygens (including phenoxy) is 2. The van der Waals surface area contributed by atoms with Crippen LogP contribution in [0.3, 0.4) is 0 Å². The van der Waals surface area contributed by atoms with Gasteiger partial charge in [-0.15, -0.1) is 0 Å². The van der Waals surface area contributed by atoms with E-state index in [1.807, 2.05) is 24.3 Å². The molecule has 138 valence electrons. The number of nitrogens with one attached hydrogen (secondary N) is 2. The molecule has 0 fully saturated rings. The number of amides is 1. The number of carbonyl (C=O) groups is 1. The van der Waals surface area contributed by atoms with Crippen molar-refractivity contribution in [2.75, 3.05) is 13.3 Å². The maximum Gasteiger partial charge on any atom is 0.263 e. The molecule has 3 rings (SSSR count). The molecule has 7 heteroatoms. The second kappa shape index (κ2) is 8.63. The molecule has 3 N–H and O–H groups in total. The van der Waals surface area contributed by atoms with Gasteiger partial charge in [0.15, 0.2) is 11.5 Å². The lowest BCUT2D eigenvalue weighted by molar-refractivity contribution is -0.117. The summed E-state index contributed by atoms with van der Waals surface area (Å²) in [5, 5.41) is 24.1. The number of rotatable bonds is 7. The van der Waals surface area contributed by atoms with Crippen LogP contribution in [0.25, 0.3) is 0 Å². The van der Waals surface area contributed by atoms with Crippen LogP contribution in [0, 0.1) is 11.3 Å². The summed E-state index contributed by atoms with van der Waals surface area (Å²) in [6.45, 7) is 1.06. The molecule has 0 saturated heterocycles. The number of phenolic OH excluding ortho intramolecular Hbond substituents is 1. The maximum atomic E-state index is 12.1. The number of benzene rings is 2. The van der Waals surface area contributed by atoms with E-state index in [2.05, 4.69) is 10.6 Å². The van der Waals surface area contributed by atoms with Crippen LogP contribution in [0.2, 0.25) is 0 Å². The van der Waals surface area contributed by atoms with Crippen molar-refractivity contribution < 1.29 is 19.4 Å². The van der Waals surface area contributed by atoms with Gasteiger partial charge in [-0.05, 0) is 41.8 Å². The molecule has 7 nitrogen and oxygen atoms in total. The third-order valence-corrected chi connectivity index (χ3v) is 3.99. The molecular formula is C20H19N3O4. The zero-order chi connectivity index (χ0) is 19.1. The van der Waals surface area contributed by atoms with Gasteiger partial charge in [0, 0.05) is 19.3 Å². The molecule has 1 aliphatic heterocycles. The Balaban J connectivity index is 1.47. The molecule has 2 aromatic rings. The number of nitrogens with zero attached hydrogens (tertiary/aromatic N) is 1. The molecule has 0 atom stereocenters. The minimum atomic E-state index is -0.436. The summed E-state index contributed by atoms with van der Waals surface area (Å²) in [4.78, 5) is 12.1. The minimum Gasteiger partial charge on any atom is -0.508 e. The predicted octanol–water partition coefficient (Wildman–Crippen LogP) is 1.98. The Morgan fingerprint density at radius 2 is 1.89 bits per heavy atom.